The lowest BCUT2D eigenvalue weighted by atomic mass is 9.94. The van der Waals surface area contributed by atoms with Gasteiger partial charge in [0.2, 0.25) is 0 Å². The molecule has 110 valence electrons. The van der Waals surface area contributed by atoms with E-state index in [0.717, 1.165) is 36.3 Å². The second-order valence-electron chi connectivity index (χ2n) is 4.85. The largest absolute Gasteiger partial charge is 0.490 e. The van der Waals surface area contributed by atoms with Gasteiger partial charge in [-0.25, -0.2) is 0 Å². The second-order valence-corrected chi connectivity index (χ2v) is 4.85. The molecule has 1 unspecified atom stereocenters. The molecule has 0 N–H and O–H groups in total. The van der Waals surface area contributed by atoms with Crippen LogP contribution in [0.4, 0.5) is 0 Å². The number of fused-ring (bicyclic) bond motifs is 1. The van der Waals surface area contributed by atoms with Crippen molar-refractivity contribution in [3.8, 4) is 11.5 Å². The van der Waals surface area contributed by atoms with Crippen LogP contribution in [0, 0.1) is 0 Å². The van der Waals surface area contributed by atoms with Crippen LogP contribution in [0.15, 0.2) is 18.2 Å². The Morgan fingerprint density at radius 3 is 2.70 bits per heavy atom. The Labute approximate surface area is 120 Å². The van der Waals surface area contributed by atoms with E-state index in [4.69, 9.17) is 14.2 Å². The number of benzene rings is 1. The SMILES string of the molecule is CCCC(C(=O)OCC)c1ccc2c(c1)OCCCO2. The molecule has 1 aliphatic rings. The van der Waals surface area contributed by atoms with Gasteiger partial charge in [-0.05, 0) is 31.0 Å². The summed E-state index contributed by atoms with van der Waals surface area (Å²) >= 11 is 0. The third kappa shape index (κ3) is 3.44. The van der Waals surface area contributed by atoms with Crippen molar-refractivity contribution in [1.29, 1.82) is 0 Å². The quantitative estimate of drug-likeness (QED) is 0.775. The fourth-order valence-electron chi connectivity index (χ4n) is 2.35. The number of carbonyl (C=O) groups is 1. The zero-order chi connectivity index (χ0) is 14.4. The van der Waals surface area contributed by atoms with Crippen molar-refractivity contribution in [2.75, 3.05) is 19.8 Å². The Balaban J connectivity index is 2.24. The summed E-state index contributed by atoms with van der Waals surface area (Å²) in [6.07, 6.45) is 2.58. The molecule has 0 saturated carbocycles. The molecule has 1 atom stereocenters. The van der Waals surface area contributed by atoms with E-state index in [1.807, 2.05) is 25.1 Å². The van der Waals surface area contributed by atoms with Crippen LogP contribution in [0.1, 0.15) is 44.6 Å². The van der Waals surface area contributed by atoms with Gasteiger partial charge in [-0.2, -0.15) is 0 Å². The van der Waals surface area contributed by atoms with Gasteiger partial charge in [0, 0.05) is 6.42 Å². The number of carbonyl (C=O) groups excluding carboxylic acids is 1. The van der Waals surface area contributed by atoms with Crippen molar-refractivity contribution in [2.24, 2.45) is 0 Å². The summed E-state index contributed by atoms with van der Waals surface area (Å²) < 4.78 is 16.5. The molecular weight excluding hydrogens is 256 g/mol. The average Bonchev–Trinajstić information content (AvgIpc) is 2.69. The van der Waals surface area contributed by atoms with E-state index >= 15 is 0 Å². The standard InChI is InChI=1S/C16H22O4/c1-3-6-13(16(17)18-4-2)12-7-8-14-15(11-12)20-10-5-9-19-14/h7-8,11,13H,3-6,9-10H2,1-2H3. The van der Waals surface area contributed by atoms with E-state index in [9.17, 15) is 4.79 Å². The zero-order valence-electron chi connectivity index (χ0n) is 12.2. The van der Waals surface area contributed by atoms with Crippen LogP contribution in [-0.4, -0.2) is 25.8 Å². The Kier molecular flexibility index (Phi) is 5.27. The summed E-state index contributed by atoms with van der Waals surface area (Å²) in [5.41, 5.74) is 0.939. The van der Waals surface area contributed by atoms with Gasteiger partial charge >= 0.3 is 5.97 Å². The van der Waals surface area contributed by atoms with Crippen LogP contribution in [0.25, 0.3) is 0 Å². The first kappa shape index (κ1) is 14.7. The molecule has 0 aliphatic carbocycles. The highest BCUT2D eigenvalue weighted by atomic mass is 16.5. The number of ether oxygens (including phenoxy) is 3. The Hall–Kier alpha value is -1.71. The molecule has 1 aromatic rings. The molecule has 2 rings (SSSR count). The molecule has 0 spiro atoms. The first-order chi connectivity index (χ1) is 9.76. The maximum Gasteiger partial charge on any atom is 0.313 e. The van der Waals surface area contributed by atoms with Crippen LogP contribution >= 0.6 is 0 Å². The van der Waals surface area contributed by atoms with Crippen molar-refractivity contribution < 1.29 is 19.0 Å². The molecule has 0 saturated heterocycles. The molecule has 0 amide bonds. The minimum absolute atomic E-state index is 0.163. The number of rotatable bonds is 5. The van der Waals surface area contributed by atoms with Crippen molar-refractivity contribution in [3.05, 3.63) is 23.8 Å². The maximum absolute atomic E-state index is 12.1. The summed E-state index contributed by atoms with van der Waals surface area (Å²) in [6, 6.07) is 5.74. The molecule has 1 aliphatic heterocycles. The molecule has 4 nitrogen and oxygen atoms in total. The Bertz CT molecular complexity index is 456. The van der Waals surface area contributed by atoms with Gasteiger partial charge in [0.05, 0.1) is 25.7 Å². The summed E-state index contributed by atoms with van der Waals surface area (Å²) in [5.74, 6) is 1.09. The van der Waals surface area contributed by atoms with E-state index in [1.54, 1.807) is 0 Å². The second kappa shape index (κ2) is 7.17. The molecule has 1 heterocycles. The Morgan fingerprint density at radius 2 is 2.00 bits per heavy atom. The molecule has 4 heteroatoms. The molecule has 0 radical (unpaired) electrons. The normalized spacial score (nSPS) is 15.3. The Morgan fingerprint density at radius 1 is 1.25 bits per heavy atom. The minimum Gasteiger partial charge on any atom is -0.490 e. The highest BCUT2D eigenvalue weighted by Crippen LogP contribution is 2.34. The summed E-state index contributed by atoms with van der Waals surface area (Å²) in [5, 5.41) is 0. The lowest BCUT2D eigenvalue weighted by molar-refractivity contribution is -0.145. The fraction of sp³-hybridized carbons (Fsp3) is 0.562. The van der Waals surface area contributed by atoms with E-state index in [0.29, 0.717) is 19.8 Å². The van der Waals surface area contributed by atoms with E-state index in [2.05, 4.69) is 6.92 Å². The van der Waals surface area contributed by atoms with E-state index < -0.39 is 0 Å². The third-order valence-electron chi connectivity index (χ3n) is 3.32. The average molecular weight is 278 g/mol. The van der Waals surface area contributed by atoms with Gasteiger partial charge in [0.1, 0.15) is 0 Å². The lowest BCUT2D eigenvalue weighted by Gasteiger charge is -2.17. The summed E-state index contributed by atoms with van der Waals surface area (Å²) in [7, 11) is 0. The molecule has 0 bridgehead atoms. The van der Waals surface area contributed by atoms with Gasteiger partial charge in [-0.15, -0.1) is 0 Å². The predicted octanol–water partition coefficient (Wildman–Crippen LogP) is 3.29. The van der Waals surface area contributed by atoms with Crippen molar-refractivity contribution in [1.82, 2.24) is 0 Å². The van der Waals surface area contributed by atoms with Crippen LogP contribution in [0.3, 0.4) is 0 Å². The van der Waals surface area contributed by atoms with Crippen molar-refractivity contribution in [2.45, 2.75) is 39.0 Å². The number of esters is 1. The highest BCUT2D eigenvalue weighted by Gasteiger charge is 2.23. The zero-order valence-corrected chi connectivity index (χ0v) is 12.2. The van der Waals surface area contributed by atoms with Gasteiger partial charge in [-0.1, -0.05) is 19.4 Å². The summed E-state index contributed by atoms with van der Waals surface area (Å²) in [4.78, 5) is 12.1. The van der Waals surface area contributed by atoms with Crippen LogP contribution in [-0.2, 0) is 9.53 Å². The number of hydrogen-bond donors (Lipinski definition) is 0. The predicted molar refractivity (Wildman–Crippen MR) is 76.3 cm³/mol. The van der Waals surface area contributed by atoms with Crippen molar-refractivity contribution in [3.63, 3.8) is 0 Å². The smallest absolute Gasteiger partial charge is 0.313 e. The van der Waals surface area contributed by atoms with Crippen LogP contribution in [0.5, 0.6) is 11.5 Å². The van der Waals surface area contributed by atoms with E-state index in [-0.39, 0.29) is 11.9 Å². The minimum atomic E-state index is -0.225. The van der Waals surface area contributed by atoms with Crippen LogP contribution in [0.2, 0.25) is 0 Å². The molecule has 1 aromatic carbocycles. The van der Waals surface area contributed by atoms with E-state index in [1.165, 1.54) is 0 Å². The molecular formula is C16H22O4. The first-order valence-electron chi connectivity index (χ1n) is 7.32. The maximum atomic E-state index is 12.1. The van der Waals surface area contributed by atoms with Gasteiger partial charge < -0.3 is 14.2 Å². The van der Waals surface area contributed by atoms with Gasteiger partial charge in [0.25, 0.3) is 0 Å². The topological polar surface area (TPSA) is 44.8 Å². The monoisotopic (exact) mass is 278 g/mol. The molecule has 0 fully saturated rings. The fourth-order valence-corrected chi connectivity index (χ4v) is 2.35. The third-order valence-corrected chi connectivity index (χ3v) is 3.32. The van der Waals surface area contributed by atoms with Crippen LogP contribution < -0.4 is 9.47 Å². The lowest BCUT2D eigenvalue weighted by Crippen LogP contribution is -2.16. The first-order valence-corrected chi connectivity index (χ1v) is 7.32. The van der Waals surface area contributed by atoms with Gasteiger partial charge in [0.15, 0.2) is 11.5 Å². The van der Waals surface area contributed by atoms with Gasteiger partial charge in [-0.3, -0.25) is 4.79 Å². The molecule has 0 aromatic heterocycles. The number of hydrogen-bond acceptors (Lipinski definition) is 4. The van der Waals surface area contributed by atoms with Crippen molar-refractivity contribution >= 4 is 5.97 Å². The molecule has 20 heavy (non-hydrogen) atoms. The summed E-state index contributed by atoms with van der Waals surface area (Å²) in [6.45, 7) is 5.62. The highest BCUT2D eigenvalue weighted by molar-refractivity contribution is 5.78.